The van der Waals surface area contributed by atoms with Gasteiger partial charge in [0.05, 0.1) is 30.3 Å². The number of ketones is 1. The average Bonchev–Trinajstić information content (AvgIpc) is 2.62. The SMILES string of the molecule is CC(=O)O[C@H]1[C@@H]2[C@@H]3CO[C@@H]3C[C@H](O)[C@@]2(C)C(=O)[C@H](O)C2=C(C)[C@@H](O)C[C@]1(O)C2(C)C.[Ac]. The first-order chi connectivity index (χ1) is 13.8. The van der Waals surface area contributed by atoms with Crippen LogP contribution in [0.2, 0.25) is 0 Å². The van der Waals surface area contributed by atoms with Crippen LogP contribution in [0.4, 0.5) is 0 Å². The number of aliphatic hydroxyl groups is 4. The Hall–Kier alpha value is 0.122. The van der Waals surface area contributed by atoms with Crippen LogP contribution in [0.25, 0.3) is 0 Å². The second-order valence-electron chi connectivity index (χ2n) is 10.3. The van der Waals surface area contributed by atoms with Gasteiger partial charge >= 0.3 is 5.97 Å². The maximum atomic E-state index is 13.7. The minimum Gasteiger partial charge on any atom is -0.459 e. The van der Waals surface area contributed by atoms with Crippen molar-refractivity contribution in [1.82, 2.24) is 0 Å². The van der Waals surface area contributed by atoms with E-state index in [9.17, 15) is 30.0 Å². The van der Waals surface area contributed by atoms with Crippen molar-refractivity contribution in [2.24, 2.45) is 22.7 Å². The van der Waals surface area contributed by atoms with Crippen LogP contribution in [-0.4, -0.2) is 74.9 Å². The Kier molecular flexibility index (Phi) is 6.73. The van der Waals surface area contributed by atoms with Crippen molar-refractivity contribution >= 4 is 11.8 Å². The summed E-state index contributed by atoms with van der Waals surface area (Å²) in [7, 11) is 0. The standard InChI is InChI=1S/C22H32O8.Ac/c1-9-12(24)7-22(28)19(30-10(2)23)16-11-8-29-13(11)6-14(25)21(16,5)18(27)17(26)15(9)20(22,3)4;/h11-14,16-17,19,24-26,28H,6-8H2,1-5H3;/t11-,12+,13-,14+,16+,17-,19+,21-,22-;/m1./s1. The molecule has 1 aliphatic heterocycles. The van der Waals surface area contributed by atoms with Crippen molar-refractivity contribution in [2.45, 2.75) is 83.6 Å². The zero-order valence-electron chi connectivity index (χ0n) is 18.7. The molecule has 4 N–H and O–H groups in total. The van der Waals surface area contributed by atoms with Gasteiger partial charge in [-0.2, -0.15) is 0 Å². The quantitative estimate of drug-likeness (QED) is 0.232. The molecular weight excluding hydrogens is 619 g/mol. The number of hydrogen-bond acceptors (Lipinski definition) is 8. The Bertz CT molecular complexity index is 824. The molecule has 8 nitrogen and oxygen atoms in total. The molecule has 1 saturated heterocycles. The van der Waals surface area contributed by atoms with Crippen LogP contribution in [0, 0.1) is 66.7 Å². The zero-order chi connectivity index (χ0) is 22.4. The van der Waals surface area contributed by atoms with E-state index in [0.717, 1.165) is 0 Å². The van der Waals surface area contributed by atoms with Gasteiger partial charge < -0.3 is 29.9 Å². The van der Waals surface area contributed by atoms with Gasteiger partial charge in [-0.25, -0.2) is 0 Å². The number of esters is 1. The summed E-state index contributed by atoms with van der Waals surface area (Å²) in [5.74, 6) is -2.22. The fourth-order valence-electron chi connectivity index (χ4n) is 6.63. The summed E-state index contributed by atoms with van der Waals surface area (Å²) in [6.45, 7) is 8.15. The molecule has 0 unspecified atom stereocenters. The summed E-state index contributed by atoms with van der Waals surface area (Å²) in [6.07, 6.45) is -5.22. The number of fused-ring (bicyclic) bond motifs is 5. The van der Waals surface area contributed by atoms with E-state index >= 15 is 0 Å². The number of Topliss-reactive ketones (excluding diaryl/α,β-unsaturated/α-hetero) is 1. The van der Waals surface area contributed by atoms with Crippen molar-refractivity contribution in [3.63, 3.8) is 0 Å². The van der Waals surface area contributed by atoms with Gasteiger partial charge in [-0.1, -0.05) is 13.8 Å². The first-order valence-electron chi connectivity index (χ1n) is 10.6. The average molecular weight is 651 g/mol. The molecule has 3 aliphatic carbocycles. The van der Waals surface area contributed by atoms with Crippen molar-refractivity contribution < 1.29 is 83.6 Å². The van der Waals surface area contributed by atoms with Gasteiger partial charge in [-0.05, 0) is 25.0 Å². The van der Waals surface area contributed by atoms with Gasteiger partial charge in [0.25, 0.3) is 0 Å². The number of rotatable bonds is 1. The summed E-state index contributed by atoms with van der Waals surface area (Å²) in [5, 5.41) is 45.1. The van der Waals surface area contributed by atoms with Crippen LogP contribution in [-0.2, 0) is 19.1 Å². The summed E-state index contributed by atoms with van der Waals surface area (Å²) >= 11 is 0. The Morgan fingerprint density at radius 3 is 2.32 bits per heavy atom. The maximum absolute atomic E-state index is 13.7. The summed E-state index contributed by atoms with van der Waals surface area (Å²) < 4.78 is 11.3. The topological polar surface area (TPSA) is 134 Å². The number of carbonyl (C=O) groups excluding carboxylic acids is 2. The molecule has 1 heterocycles. The predicted octanol–water partition coefficient (Wildman–Crippen LogP) is 0.102. The molecule has 4 rings (SSSR count). The Labute approximate surface area is 217 Å². The molecule has 0 amide bonds. The van der Waals surface area contributed by atoms with Gasteiger partial charge in [0.1, 0.15) is 17.8 Å². The zero-order valence-corrected chi connectivity index (χ0v) is 23.4. The molecule has 3 fully saturated rings. The molecule has 4 aliphatic rings. The molecule has 0 aromatic carbocycles. The molecule has 9 atom stereocenters. The summed E-state index contributed by atoms with van der Waals surface area (Å²) in [4.78, 5) is 25.9. The smallest absolute Gasteiger partial charge is 0.303 e. The monoisotopic (exact) mass is 651 g/mol. The predicted molar refractivity (Wildman–Crippen MR) is 104 cm³/mol. The minimum atomic E-state index is -1.77. The van der Waals surface area contributed by atoms with E-state index in [0.29, 0.717) is 12.2 Å². The van der Waals surface area contributed by atoms with E-state index in [2.05, 4.69) is 0 Å². The molecule has 9 heteroatoms. The van der Waals surface area contributed by atoms with Crippen molar-refractivity contribution in [2.75, 3.05) is 6.61 Å². The number of ether oxygens (including phenoxy) is 2. The van der Waals surface area contributed by atoms with Crippen LogP contribution in [0.15, 0.2) is 11.1 Å². The van der Waals surface area contributed by atoms with Crippen molar-refractivity contribution in [1.29, 1.82) is 0 Å². The second kappa shape index (κ2) is 8.11. The van der Waals surface area contributed by atoms with Crippen molar-refractivity contribution in [3.05, 3.63) is 11.1 Å². The maximum Gasteiger partial charge on any atom is 0.303 e. The molecule has 2 bridgehead atoms. The Morgan fingerprint density at radius 1 is 1.19 bits per heavy atom. The second-order valence-corrected chi connectivity index (χ2v) is 10.3. The molecule has 1 radical (unpaired) electrons. The largest absolute Gasteiger partial charge is 0.459 e. The number of hydrogen-bond donors (Lipinski definition) is 4. The van der Waals surface area contributed by atoms with E-state index in [-0.39, 0.29) is 74.5 Å². The molecule has 31 heavy (non-hydrogen) atoms. The summed E-state index contributed by atoms with van der Waals surface area (Å²) in [5.41, 5.74) is -3.75. The minimum absolute atomic E-state index is 0. The normalized spacial score (nSPS) is 48.3. The third-order valence-electron chi connectivity index (χ3n) is 8.61. The van der Waals surface area contributed by atoms with Crippen LogP contribution in [0.1, 0.15) is 47.5 Å². The van der Waals surface area contributed by atoms with Crippen LogP contribution in [0.3, 0.4) is 0 Å². The molecule has 0 aromatic rings. The van der Waals surface area contributed by atoms with Gasteiger partial charge in [-0.3, -0.25) is 9.59 Å². The number of carbonyl (C=O) groups is 2. The van der Waals surface area contributed by atoms with Gasteiger partial charge in [0, 0.05) is 81.1 Å². The van der Waals surface area contributed by atoms with E-state index in [1.165, 1.54) is 6.92 Å². The van der Waals surface area contributed by atoms with E-state index in [1.54, 1.807) is 27.7 Å². The third-order valence-corrected chi connectivity index (χ3v) is 8.61. The van der Waals surface area contributed by atoms with Gasteiger partial charge in [0.2, 0.25) is 0 Å². The van der Waals surface area contributed by atoms with Crippen molar-refractivity contribution in [3.8, 4) is 0 Å². The molecule has 0 aromatic heterocycles. The Morgan fingerprint density at radius 2 is 1.81 bits per heavy atom. The third kappa shape index (κ3) is 3.29. The van der Waals surface area contributed by atoms with E-state index in [1.807, 2.05) is 0 Å². The van der Waals surface area contributed by atoms with Crippen LogP contribution in [0.5, 0.6) is 0 Å². The summed E-state index contributed by atoms with van der Waals surface area (Å²) in [6, 6.07) is 0. The van der Waals surface area contributed by atoms with E-state index < -0.39 is 58.5 Å². The molecule has 0 spiro atoms. The van der Waals surface area contributed by atoms with Gasteiger partial charge in [0.15, 0.2) is 5.78 Å². The first kappa shape index (κ1) is 25.7. The molecule has 2 saturated carbocycles. The fraction of sp³-hybridized carbons (Fsp3) is 0.818. The first-order valence-corrected chi connectivity index (χ1v) is 10.6. The molecular formula is C22H32AcO8. The number of aliphatic hydroxyl groups excluding tert-OH is 3. The fourth-order valence-corrected chi connectivity index (χ4v) is 6.63. The van der Waals surface area contributed by atoms with Gasteiger partial charge in [-0.15, -0.1) is 0 Å². The Balaban J connectivity index is 0.00000272. The molecule has 171 valence electrons. The van der Waals surface area contributed by atoms with Crippen LogP contribution < -0.4 is 0 Å². The van der Waals surface area contributed by atoms with E-state index in [4.69, 9.17) is 9.47 Å². The van der Waals surface area contributed by atoms with Crippen LogP contribution >= 0.6 is 0 Å².